The van der Waals surface area contributed by atoms with Gasteiger partial charge in [0.2, 0.25) is 6.54 Å². The van der Waals surface area contributed by atoms with Crippen LogP contribution in [0.1, 0.15) is 0 Å². The van der Waals surface area contributed by atoms with E-state index in [0.29, 0.717) is 18.8 Å². The second-order valence-electron chi connectivity index (χ2n) is 3.07. The molecule has 17 heavy (non-hydrogen) atoms. The summed E-state index contributed by atoms with van der Waals surface area (Å²) < 4.78 is 1.83. The first-order valence-corrected chi connectivity index (χ1v) is 5.82. The fourth-order valence-electron chi connectivity index (χ4n) is 1.07. The molecule has 94 valence electrons. The molecule has 0 aromatic carbocycles. The quantitative estimate of drug-likeness (QED) is 0.255. The lowest BCUT2D eigenvalue weighted by Crippen LogP contribution is -3.00. The van der Waals surface area contributed by atoms with E-state index in [9.17, 15) is 4.79 Å². The Morgan fingerprint density at radius 2 is 1.88 bits per heavy atom. The predicted octanol–water partition coefficient (Wildman–Crippen LogP) is -3.49. The third-order valence-electron chi connectivity index (χ3n) is 1.74. The first kappa shape index (κ1) is 15.9. The van der Waals surface area contributed by atoms with Crippen molar-refractivity contribution in [2.45, 2.75) is 6.54 Å². The van der Waals surface area contributed by atoms with Crippen molar-refractivity contribution in [3.63, 3.8) is 0 Å². The first-order valence-electron chi connectivity index (χ1n) is 4.83. The van der Waals surface area contributed by atoms with E-state index >= 15 is 0 Å². The minimum Gasteiger partial charge on any atom is -1.00 e. The molecular formula is C10H15BrN4OS. The highest BCUT2D eigenvalue weighted by Crippen LogP contribution is 2.01. The maximum absolute atomic E-state index is 11.5. The van der Waals surface area contributed by atoms with Gasteiger partial charge < -0.3 is 28.4 Å². The highest BCUT2D eigenvalue weighted by atomic mass is 79.9. The molecule has 0 atom stereocenters. The van der Waals surface area contributed by atoms with E-state index in [2.05, 4.69) is 4.99 Å². The van der Waals surface area contributed by atoms with Crippen LogP contribution in [0, 0.1) is 0 Å². The molecule has 1 aromatic rings. The third kappa shape index (κ3) is 7.76. The van der Waals surface area contributed by atoms with Gasteiger partial charge in [-0.15, -0.1) is 0 Å². The van der Waals surface area contributed by atoms with Crippen molar-refractivity contribution in [3.05, 3.63) is 30.6 Å². The number of carbonyl (C=O) groups excluding carboxylic acids is 1. The van der Waals surface area contributed by atoms with Crippen molar-refractivity contribution >= 4 is 22.8 Å². The van der Waals surface area contributed by atoms with Gasteiger partial charge in [0.05, 0.1) is 6.54 Å². The summed E-state index contributed by atoms with van der Waals surface area (Å²) in [5.74, 6) is 0.662. The first-order chi connectivity index (χ1) is 7.68. The number of guanidine groups is 1. The van der Waals surface area contributed by atoms with Crippen molar-refractivity contribution < 1.29 is 26.3 Å². The van der Waals surface area contributed by atoms with Gasteiger partial charge in [0.25, 0.3) is 5.12 Å². The van der Waals surface area contributed by atoms with Crippen LogP contribution in [-0.4, -0.2) is 23.4 Å². The van der Waals surface area contributed by atoms with Crippen LogP contribution < -0.4 is 33.0 Å². The van der Waals surface area contributed by atoms with Crippen LogP contribution in [0.25, 0.3) is 0 Å². The Balaban J connectivity index is 0.00000256. The van der Waals surface area contributed by atoms with Crippen LogP contribution in [-0.2, 0) is 11.3 Å². The third-order valence-corrected chi connectivity index (χ3v) is 2.58. The summed E-state index contributed by atoms with van der Waals surface area (Å²) in [5.41, 5.74) is 10.3. The van der Waals surface area contributed by atoms with Gasteiger partial charge in [0.1, 0.15) is 0 Å². The van der Waals surface area contributed by atoms with Crippen molar-refractivity contribution in [3.8, 4) is 0 Å². The molecule has 0 unspecified atom stereocenters. The van der Waals surface area contributed by atoms with E-state index in [4.69, 9.17) is 11.5 Å². The number of aliphatic imine (C=N–C) groups is 1. The van der Waals surface area contributed by atoms with Gasteiger partial charge in [-0.3, -0.25) is 9.79 Å². The number of halogens is 1. The molecule has 1 aromatic heterocycles. The lowest BCUT2D eigenvalue weighted by molar-refractivity contribution is -0.683. The molecule has 0 aliphatic carbocycles. The summed E-state index contributed by atoms with van der Waals surface area (Å²) in [7, 11) is 0. The molecule has 5 nitrogen and oxygen atoms in total. The lowest BCUT2D eigenvalue weighted by Gasteiger charge is -1.96. The van der Waals surface area contributed by atoms with E-state index < -0.39 is 0 Å². The van der Waals surface area contributed by atoms with Crippen LogP contribution in [0.5, 0.6) is 0 Å². The highest BCUT2D eigenvalue weighted by molar-refractivity contribution is 8.13. The number of hydrogen-bond donors (Lipinski definition) is 2. The molecule has 0 fully saturated rings. The van der Waals surface area contributed by atoms with Gasteiger partial charge in [0, 0.05) is 17.9 Å². The van der Waals surface area contributed by atoms with Crippen molar-refractivity contribution in [1.82, 2.24) is 0 Å². The number of pyridine rings is 1. The van der Waals surface area contributed by atoms with Gasteiger partial charge in [-0.2, -0.15) is 4.57 Å². The Morgan fingerprint density at radius 1 is 1.24 bits per heavy atom. The number of hydrogen-bond acceptors (Lipinski definition) is 3. The molecule has 0 spiro atoms. The number of nitrogens with two attached hydrogens (primary N) is 2. The van der Waals surface area contributed by atoms with Gasteiger partial charge in [-0.25, -0.2) is 0 Å². The second-order valence-corrected chi connectivity index (χ2v) is 4.23. The summed E-state index contributed by atoms with van der Waals surface area (Å²) in [4.78, 5) is 15.3. The zero-order valence-electron chi connectivity index (χ0n) is 9.25. The minimum atomic E-state index is 0. The van der Waals surface area contributed by atoms with Crippen molar-refractivity contribution in [2.24, 2.45) is 16.5 Å². The minimum absolute atomic E-state index is 0. The average molecular weight is 319 g/mol. The molecule has 0 bridgehead atoms. The van der Waals surface area contributed by atoms with Gasteiger partial charge in [-0.1, -0.05) is 17.8 Å². The molecular weight excluding hydrogens is 304 g/mol. The van der Waals surface area contributed by atoms with E-state index in [1.165, 1.54) is 11.8 Å². The smallest absolute Gasteiger partial charge is 0.253 e. The standard InChI is InChI=1S/C10H15N4OS.BrH/c11-10(12)13-4-7-16-9(15)8-14-5-2-1-3-6-14;/h1-3,5-6H,4,7-8H2,(H4,11,12,13);1H/q+1;/p-1. The molecule has 1 heterocycles. The molecule has 0 aliphatic heterocycles. The fraction of sp³-hybridized carbons (Fsp3) is 0.300. The van der Waals surface area contributed by atoms with Crippen LogP contribution in [0.15, 0.2) is 35.6 Å². The summed E-state index contributed by atoms with van der Waals surface area (Å²) >= 11 is 1.24. The number of rotatable bonds is 5. The van der Waals surface area contributed by atoms with Crippen LogP contribution >= 0.6 is 11.8 Å². The molecule has 0 saturated carbocycles. The SMILES string of the molecule is NC(N)=NCCSC(=O)C[n+]1ccccc1.[Br-]. The maximum Gasteiger partial charge on any atom is 0.253 e. The largest absolute Gasteiger partial charge is 1.00 e. The van der Waals surface area contributed by atoms with Crippen molar-refractivity contribution in [2.75, 3.05) is 12.3 Å². The maximum atomic E-state index is 11.5. The van der Waals surface area contributed by atoms with Crippen LogP contribution in [0.3, 0.4) is 0 Å². The molecule has 0 amide bonds. The molecule has 0 radical (unpaired) electrons. The Bertz CT molecular complexity index is 368. The molecule has 1 rings (SSSR count). The summed E-state index contributed by atoms with van der Waals surface area (Å²) in [6.07, 6.45) is 3.71. The van der Waals surface area contributed by atoms with Gasteiger partial charge >= 0.3 is 0 Å². The molecule has 4 N–H and O–H groups in total. The normalized spacial score (nSPS) is 9.18. The Kier molecular flexibility index (Phi) is 8.43. The second kappa shape index (κ2) is 9.00. The molecule has 0 saturated heterocycles. The number of carbonyl (C=O) groups is 1. The van der Waals surface area contributed by atoms with E-state index in [1.54, 1.807) is 0 Å². The zero-order chi connectivity index (χ0) is 11.8. The Hall–Kier alpha value is -1.08. The van der Waals surface area contributed by atoms with Crippen molar-refractivity contribution in [1.29, 1.82) is 0 Å². The molecule has 7 heteroatoms. The van der Waals surface area contributed by atoms with E-state index in [0.717, 1.165) is 0 Å². The number of aromatic nitrogens is 1. The van der Waals surface area contributed by atoms with Gasteiger partial charge in [-0.05, 0) is 0 Å². The summed E-state index contributed by atoms with van der Waals surface area (Å²) in [6.45, 7) is 0.839. The Labute approximate surface area is 115 Å². The average Bonchev–Trinajstić information content (AvgIpc) is 2.25. The monoisotopic (exact) mass is 318 g/mol. The van der Waals surface area contributed by atoms with E-state index in [-0.39, 0.29) is 28.1 Å². The van der Waals surface area contributed by atoms with Crippen LogP contribution in [0.4, 0.5) is 0 Å². The fourth-order valence-corrected chi connectivity index (χ4v) is 1.72. The highest BCUT2D eigenvalue weighted by Gasteiger charge is 2.08. The number of nitrogens with zero attached hydrogens (tertiary/aromatic N) is 2. The van der Waals surface area contributed by atoms with Crippen LogP contribution in [0.2, 0.25) is 0 Å². The van der Waals surface area contributed by atoms with E-state index in [1.807, 2.05) is 35.2 Å². The summed E-state index contributed by atoms with van der Waals surface area (Å²) in [5, 5.41) is 0.0991. The number of thioether (sulfide) groups is 1. The zero-order valence-corrected chi connectivity index (χ0v) is 11.7. The van der Waals surface area contributed by atoms with Gasteiger partial charge in [0.15, 0.2) is 18.4 Å². The lowest BCUT2D eigenvalue weighted by atomic mass is 10.5. The predicted molar refractivity (Wildman–Crippen MR) is 64.8 cm³/mol. The molecule has 0 aliphatic rings. The Morgan fingerprint density at radius 3 is 2.47 bits per heavy atom. The topological polar surface area (TPSA) is 85.3 Å². The summed E-state index contributed by atoms with van der Waals surface area (Å²) in [6, 6.07) is 5.68.